The molecule has 1 atom stereocenters. The molecule has 1 aliphatic carbocycles. The topological polar surface area (TPSA) is 25.8 Å². The van der Waals surface area contributed by atoms with Gasteiger partial charge >= 0.3 is 0 Å². The fourth-order valence-electron chi connectivity index (χ4n) is 7.19. The van der Waals surface area contributed by atoms with Crippen molar-refractivity contribution in [2.24, 2.45) is 0 Å². The minimum atomic E-state index is 0.278. The number of benzene rings is 6. The molecule has 0 aliphatic heterocycles. The second-order valence-electron chi connectivity index (χ2n) is 12.1. The molecular weight excluding hydrogens is 556 g/mol. The van der Waals surface area contributed by atoms with Gasteiger partial charge in [-0.15, -0.1) is 0 Å². The normalized spacial score (nSPS) is 14.5. The van der Waals surface area contributed by atoms with Crippen LogP contribution >= 0.6 is 0 Å². The van der Waals surface area contributed by atoms with Crippen LogP contribution in [0.2, 0.25) is 0 Å². The lowest BCUT2D eigenvalue weighted by molar-refractivity contribution is 0.822. The fraction of sp³-hybridized carbons (Fsp3) is 0.0455. The lowest BCUT2D eigenvalue weighted by Gasteiger charge is -2.18. The molecule has 9 rings (SSSR count). The average Bonchev–Trinajstić information content (AvgIpc) is 3.14. The van der Waals surface area contributed by atoms with E-state index < -0.39 is 0 Å². The van der Waals surface area contributed by atoms with Crippen LogP contribution in [-0.4, -0.2) is 9.97 Å². The van der Waals surface area contributed by atoms with Crippen LogP contribution in [0.15, 0.2) is 164 Å². The quantitative estimate of drug-likeness (QED) is 0.192. The number of aromatic nitrogens is 2. The molecule has 2 heteroatoms. The lowest BCUT2D eigenvalue weighted by atomic mass is 9.89. The van der Waals surface area contributed by atoms with Crippen LogP contribution in [0.3, 0.4) is 0 Å². The van der Waals surface area contributed by atoms with E-state index in [-0.39, 0.29) is 5.92 Å². The third-order valence-corrected chi connectivity index (χ3v) is 9.47. The Bertz CT molecular complexity index is 2500. The Morgan fingerprint density at radius 1 is 0.500 bits per heavy atom. The minimum Gasteiger partial charge on any atom is -0.263 e. The maximum Gasteiger partial charge on any atom is 0.0718 e. The van der Waals surface area contributed by atoms with E-state index in [2.05, 4.69) is 157 Å². The van der Waals surface area contributed by atoms with Gasteiger partial charge in [0.25, 0.3) is 0 Å². The number of fused-ring (bicyclic) bond motifs is 5. The van der Waals surface area contributed by atoms with E-state index in [4.69, 9.17) is 4.98 Å². The zero-order valence-corrected chi connectivity index (χ0v) is 25.3. The molecule has 0 saturated heterocycles. The minimum absolute atomic E-state index is 0.278. The van der Waals surface area contributed by atoms with Gasteiger partial charge in [0, 0.05) is 40.3 Å². The number of pyridine rings is 2. The Kier molecular flexibility index (Phi) is 6.31. The predicted molar refractivity (Wildman–Crippen MR) is 194 cm³/mol. The second-order valence-corrected chi connectivity index (χ2v) is 12.1. The highest BCUT2D eigenvalue weighted by Crippen LogP contribution is 2.40. The zero-order chi connectivity index (χ0) is 30.5. The molecule has 2 nitrogen and oxygen atoms in total. The van der Waals surface area contributed by atoms with Crippen molar-refractivity contribution >= 4 is 43.2 Å². The molecule has 2 aromatic heterocycles. The number of rotatable bonds is 4. The summed E-state index contributed by atoms with van der Waals surface area (Å²) in [5.74, 6) is 0.278. The maximum absolute atomic E-state index is 5.20. The van der Waals surface area contributed by atoms with E-state index in [0.717, 1.165) is 28.6 Å². The largest absolute Gasteiger partial charge is 0.263 e. The van der Waals surface area contributed by atoms with Gasteiger partial charge < -0.3 is 0 Å². The van der Waals surface area contributed by atoms with E-state index in [9.17, 15) is 0 Å². The Labute approximate surface area is 268 Å². The van der Waals surface area contributed by atoms with Crippen molar-refractivity contribution in [3.8, 4) is 33.4 Å². The van der Waals surface area contributed by atoms with Crippen LogP contribution in [0.4, 0.5) is 0 Å². The molecular formula is C44H30N2. The first-order chi connectivity index (χ1) is 22.8. The Balaban J connectivity index is 1.19. The van der Waals surface area contributed by atoms with E-state index in [1.54, 1.807) is 0 Å². The molecule has 6 aromatic carbocycles. The summed E-state index contributed by atoms with van der Waals surface area (Å²) in [6, 6.07) is 46.2. The van der Waals surface area contributed by atoms with Gasteiger partial charge in [0.15, 0.2) is 0 Å². The molecule has 0 amide bonds. The van der Waals surface area contributed by atoms with Crippen molar-refractivity contribution in [1.82, 2.24) is 9.97 Å². The molecule has 0 bridgehead atoms. The number of allylic oxidation sites excluding steroid dienone is 4. The van der Waals surface area contributed by atoms with Gasteiger partial charge in [-0.05, 0) is 73.3 Å². The van der Waals surface area contributed by atoms with Crippen molar-refractivity contribution in [3.63, 3.8) is 0 Å². The van der Waals surface area contributed by atoms with Crippen LogP contribution < -0.4 is 0 Å². The first-order valence-corrected chi connectivity index (χ1v) is 15.9. The highest BCUT2D eigenvalue weighted by atomic mass is 14.7. The molecule has 2 heterocycles. The van der Waals surface area contributed by atoms with Crippen LogP contribution in [0.5, 0.6) is 0 Å². The molecule has 0 fully saturated rings. The van der Waals surface area contributed by atoms with E-state index in [0.29, 0.717) is 0 Å². The predicted octanol–water partition coefficient (Wildman–Crippen LogP) is 11.7. The van der Waals surface area contributed by atoms with Gasteiger partial charge in [-0.1, -0.05) is 140 Å². The van der Waals surface area contributed by atoms with Crippen molar-refractivity contribution in [2.45, 2.75) is 12.3 Å². The Hall–Kier alpha value is -5.86. The SMILES string of the molecule is C1=CCC(c2cc(-c3ccc(-c4ccc(-c5cncc6ccccc56)c5ccccc45)cc3)c3c(ccc4ccccc43)n2)C=C1. The lowest BCUT2D eigenvalue weighted by Crippen LogP contribution is -2.01. The first-order valence-electron chi connectivity index (χ1n) is 15.9. The summed E-state index contributed by atoms with van der Waals surface area (Å²) in [6.45, 7) is 0. The second kappa shape index (κ2) is 10.9. The summed E-state index contributed by atoms with van der Waals surface area (Å²) < 4.78 is 0. The van der Waals surface area contributed by atoms with Crippen molar-refractivity contribution < 1.29 is 0 Å². The molecule has 0 radical (unpaired) electrons. The smallest absolute Gasteiger partial charge is 0.0718 e. The molecule has 8 aromatic rings. The average molecular weight is 587 g/mol. The van der Waals surface area contributed by atoms with E-state index in [1.807, 2.05) is 12.4 Å². The van der Waals surface area contributed by atoms with Gasteiger partial charge in [-0.25, -0.2) is 0 Å². The van der Waals surface area contributed by atoms with Gasteiger partial charge in [0.2, 0.25) is 0 Å². The summed E-state index contributed by atoms with van der Waals surface area (Å²) in [6.07, 6.45) is 13.7. The van der Waals surface area contributed by atoms with E-state index >= 15 is 0 Å². The number of hydrogen-bond acceptors (Lipinski definition) is 2. The van der Waals surface area contributed by atoms with Crippen LogP contribution in [0.1, 0.15) is 18.0 Å². The highest BCUT2D eigenvalue weighted by Gasteiger charge is 2.17. The highest BCUT2D eigenvalue weighted by molar-refractivity contribution is 6.13. The summed E-state index contributed by atoms with van der Waals surface area (Å²) in [4.78, 5) is 9.78. The van der Waals surface area contributed by atoms with Gasteiger partial charge in [0.05, 0.1) is 5.52 Å². The summed E-state index contributed by atoms with van der Waals surface area (Å²) in [5, 5.41) is 8.52. The molecule has 1 aliphatic rings. The summed E-state index contributed by atoms with van der Waals surface area (Å²) in [5.41, 5.74) is 9.38. The summed E-state index contributed by atoms with van der Waals surface area (Å²) in [7, 11) is 0. The molecule has 0 saturated carbocycles. The maximum atomic E-state index is 5.20. The van der Waals surface area contributed by atoms with Crippen LogP contribution in [0.25, 0.3) is 76.6 Å². The number of hydrogen-bond donors (Lipinski definition) is 0. The van der Waals surface area contributed by atoms with Crippen LogP contribution in [-0.2, 0) is 0 Å². The molecule has 46 heavy (non-hydrogen) atoms. The standard InChI is InChI=1S/C44H30N2/c1-2-11-32(12-3-1)43-26-40(44-36-15-7-4-10-29(36)22-25-42(44)46-43)31-20-18-30(19-21-31)35-23-24-39(38-17-9-8-16-37(35)38)41-28-45-27-33-13-5-6-14-34(33)41/h1-11,13-28,32H,12H2. The molecule has 0 spiro atoms. The first kappa shape index (κ1) is 26.5. The monoisotopic (exact) mass is 586 g/mol. The fourth-order valence-corrected chi connectivity index (χ4v) is 7.19. The molecule has 0 N–H and O–H groups in total. The van der Waals surface area contributed by atoms with Gasteiger partial charge in [0.1, 0.15) is 0 Å². The molecule has 1 unspecified atom stereocenters. The Morgan fingerprint density at radius 3 is 1.96 bits per heavy atom. The third-order valence-electron chi connectivity index (χ3n) is 9.47. The summed E-state index contributed by atoms with van der Waals surface area (Å²) >= 11 is 0. The van der Waals surface area contributed by atoms with Crippen molar-refractivity contribution in [3.05, 3.63) is 170 Å². The van der Waals surface area contributed by atoms with Crippen LogP contribution in [0, 0.1) is 0 Å². The van der Waals surface area contributed by atoms with Gasteiger partial charge in [-0.3, -0.25) is 9.97 Å². The number of nitrogens with zero attached hydrogens (tertiary/aromatic N) is 2. The molecule has 216 valence electrons. The zero-order valence-electron chi connectivity index (χ0n) is 25.3. The van der Waals surface area contributed by atoms with Crippen molar-refractivity contribution in [2.75, 3.05) is 0 Å². The Morgan fingerprint density at radius 2 is 1.17 bits per heavy atom. The van der Waals surface area contributed by atoms with Crippen molar-refractivity contribution in [1.29, 1.82) is 0 Å². The van der Waals surface area contributed by atoms with Gasteiger partial charge in [-0.2, -0.15) is 0 Å². The van der Waals surface area contributed by atoms with E-state index in [1.165, 1.54) is 60.1 Å². The third kappa shape index (κ3) is 4.42.